The first-order valence-electron chi connectivity index (χ1n) is 12.7. The number of hydrogen-bond donors (Lipinski definition) is 1. The average molecular weight is 566 g/mol. The molecule has 7 nitrogen and oxygen atoms in total. The average Bonchev–Trinajstić information content (AvgIpc) is 3.43. The summed E-state index contributed by atoms with van der Waals surface area (Å²) in [4.78, 5) is 32.9. The number of aromatic nitrogens is 3. The highest BCUT2D eigenvalue weighted by Crippen LogP contribution is 2.31. The fourth-order valence-corrected chi connectivity index (χ4v) is 6.18. The Labute approximate surface area is 239 Å². The summed E-state index contributed by atoms with van der Waals surface area (Å²) in [7, 11) is 0. The smallest absolute Gasteiger partial charge is 0.271 e. The van der Waals surface area contributed by atoms with Crippen LogP contribution < -0.4 is 20.2 Å². The molecule has 3 heterocycles. The van der Waals surface area contributed by atoms with E-state index >= 15 is 0 Å². The number of carbonyl (C=O) groups excluding carboxylic acids is 1. The van der Waals surface area contributed by atoms with E-state index in [1.54, 1.807) is 22.2 Å². The number of rotatable bonds is 5. The Kier molecular flexibility index (Phi) is 6.79. The summed E-state index contributed by atoms with van der Waals surface area (Å²) in [5, 5.41) is 7.98. The Morgan fingerprint density at radius 1 is 0.950 bits per heavy atom. The third-order valence-electron chi connectivity index (χ3n) is 6.74. The molecule has 5 aromatic rings. The topological polar surface area (TPSA) is 81.3 Å². The molecule has 3 aromatic carbocycles. The first kappa shape index (κ1) is 25.7. The van der Waals surface area contributed by atoms with Gasteiger partial charge >= 0.3 is 0 Å². The third-order valence-corrected chi connectivity index (χ3v) is 8.08. The van der Waals surface area contributed by atoms with Gasteiger partial charge in [0.2, 0.25) is 0 Å². The Morgan fingerprint density at radius 2 is 1.57 bits per heavy atom. The molecule has 0 saturated carbocycles. The molecule has 0 saturated heterocycles. The molecule has 1 aliphatic heterocycles. The lowest BCUT2D eigenvalue weighted by Gasteiger charge is -2.25. The van der Waals surface area contributed by atoms with Gasteiger partial charge in [-0.05, 0) is 49.8 Å². The van der Waals surface area contributed by atoms with Crippen molar-refractivity contribution in [2.75, 3.05) is 5.32 Å². The number of anilines is 1. The first-order chi connectivity index (χ1) is 19.4. The van der Waals surface area contributed by atoms with Crippen molar-refractivity contribution in [2.24, 2.45) is 4.99 Å². The zero-order chi connectivity index (χ0) is 27.8. The lowest BCUT2D eigenvalue weighted by Crippen LogP contribution is -2.40. The molecule has 1 N–H and O–H groups in total. The number of nitrogens with one attached hydrogen (secondary N) is 1. The maximum Gasteiger partial charge on any atom is 0.271 e. The van der Waals surface area contributed by atoms with E-state index in [0.717, 1.165) is 11.3 Å². The van der Waals surface area contributed by atoms with Gasteiger partial charge in [0.05, 0.1) is 33.2 Å². The quantitative estimate of drug-likeness (QED) is 0.325. The maximum atomic E-state index is 14.0. The monoisotopic (exact) mass is 565 g/mol. The molecule has 0 aliphatic carbocycles. The molecular weight excluding hydrogens is 542 g/mol. The van der Waals surface area contributed by atoms with Gasteiger partial charge in [-0.25, -0.2) is 9.67 Å². The van der Waals surface area contributed by atoms with E-state index in [4.69, 9.17) is 16.6 Å². The number of halogens is 1. The molecule has 2 aromatic heterocycles. The van der Waals surface area contributed by atoms with Gasteiger partial charge in [0.1, 0.15) is 5.15 Å². The molecule has 9 heteroatoms. The number of para-hydroxylation sites is 2. The number of carbonyl (C=O) groups is 1. The summed E-state index contributed by atoms with van der Waals surface area (Å²) >= 11 is 8.03. The highest BCUT2D eigenvalue weighted by atomic mass is 35.5. The van der Waals surface area contributed by atoms with Crippen molar-refractivity contribution in [3.05, 3.63) is 144 Å². The molecule has 0 unspecified atom stereocenters. The second kappa shape index (κ2) is 10.6. The van der Waals surface area contributed by atoms with Crippen LogP contribution in [0.2, 0.25) is 5.15 Å². The van der Waals surface area contributed by atoms with Crippen molar-refractivity contribution < 1.29 is 4.79 Å². The molecule has 0 radical (unpaired) electrons. The van der Waals surface area contributed by atoms with E-state index in [-0.39, 0.29) is 11.5 Å². The van der Waals surface area contributed by atoms with Crippen LogP contribution in [0.15, 0.2) is 112 Å². The normalized spacial score (nSPS) is 15.1. The molecule has 0 fully saturated rings. The minimum absolute atomic E-state index is 0.252. The van der Waals surface area contributed by atoms with Gasteiger partial charge in [0.15, 0.2) is 4.80 Å². The SMILES string of the molecule is CC1=C(C(=O)Nc2ccccc2)[C@H](c2ccccc2)n2c(s/c(=C\c3c(C)nn(-c4ccccc4)c3Cl)c2=O)=N1. The number of fused-ring (bicyclic) bond motifs is 1. The summed E-state index contributed by atoms with van der Waals surface area (Å²) in [5.41, 5.74) is 4.37. The van der Waals surface area contributed by atoms with Gasteiger partial charge in [-0.3, -0.25) is 14.2 Å². The molecular formula is C31H24ClN5O2S. The van der Waals surface area contributed by atoms with Crippen molar-refractivity contribution in [2.45, 2.75) is 19.9 Å². The van der Waals surface area contributed by atoms with Crippen LogP contribution in [0.4, 0.5) is 5.69 Å². The van der Waals surface area contributed by atoms with Crippen LogP contribution in [0.5, 0.6) is 0 Å². The van der Waals surface area contributed by atoms with E-state index in [0.29, 0.717) is 42.7 Å². The minimum atomic E-state index is -0.646. The molecule has 0 bridgehead atoms. The second-order valence-corrected chi connectivity index (χ2v) is 10.7. The number of thiazole rings is 1. The van der Waals surface area contributed by atoms with Crippen LogP contribution in [0.3, 0.4) is 0 Å². The minimum Gasteiger partial charge on any atom is -0.322 e. The van der Waals surface area contributed by atoms with Crippen molar-refractivity contribution in [1.29, 1.82) is 0 Å². The number of nitrogens with zero attached hydrogens (tertiary/aromatic N) is 4. The molecule has 6 rings (SSSR count). The second-order valence-electron chi connectivity index (χ2n) is 9.35. The van der Waals surface area contributed by atoms with E-state index in [1.165, 1.54) is 11.3 Å². The van der Waals surface area contributed by atoms with Gasteiger partial charge in [0.25, 0.3) is 11.5 Å². The third kappa shape index (κ3) is 4.61. The van der Waals surface area contributed by atoms with Gasteiger partial charge in [-0.1, -0.05) is 89.7 Å². The van der Waals surface area contributed by atoms with Crippen molar-refractivity contribution in [3.8, 4) is 5.69 Å². The Morgan fingerprint density at radius 3 is 2.25 bits per heavy atom. The number of amides is 1. The van der Waals surface area contributed by atoms with Gasteiger partial charge in [0, 0.05) is 11.3 Å². The Balaban J connectivity index is 1.49. The molecule has 198 valence electrons. The van der Waals surface area contributed by atoms with Gasteiger partial charge < -0.3 is 5.32 Å². The number of benzene rings is 3. The Hall–Kier alpha value is -4.53. The van der Waals surface area contributed by atoms with Crippen LogP contribution in [0, 0.1) is 6.92 Å². The lowest BCUT2D eigenvalue weighted by molar-refractivity contribution is -0.113. The summed E-state index contributed by atoms with van der Waals surface area (Å²) in [6, 6.07) is 27.7. The van der Waals surface area contributed by atoms with Crippen LogP contribution in [-0.2, 0) is 4.79 Å². The summed E-state index contributed by atoms with van der Waals surface area (Å²) < 4.78 is 3.71. The van der Waals surface area contributed by atoms with E-state index < -0.39 is 6.04 Å². The van der Waals surface area contributed by atoms with Gasteiger partial charge in [-0.2, -0.15) is 5.10 Å². The number of hydrogen-bond acceptors (Lipinski definition) is 5. The maximum absolute atomic E-state index is 14.0. The lowest BCUT2D eigenvalue weighted by atomic mass is 9.95. The zero-order valence-electron chi connectivity index (χ0n) is 21.7. The Bertz CT molecular complexity index is 1940. The number of allylic oxidation sites excluding steroid dienone is 1. The van der Waals surface area contributed by atoms with Crippen LogP contribution in [0.25, 0.3) is 11.8 Å². The first-order valence-corrected chi connectivity index (χ1v) is 13.9. The summed E-state index contributed by atoms with van der Waals surface area (Å²) in [5.74, 6) is -0.307. The van der Waals surface area contributed by atoms with Gasteiger partial charge in [-0.15, -0.1) is 0 Å². The predicted molar refractivity (Wildman–Crippen MR) is 159 cm³/mol. The van der Waals surface area contributed by atoms with E-state index in [1.807, 2.05) is 97.9 Å². The van der Waals surface area contributed by atoms with E-state index in [9.17, 15) is 9.59 Å². The standard InChI is InChI=1S/C31H24ClN5O2S/c1-19-24(28(32)37(35-19)23-16-10-5-11-17-23)18-25-30(39)36-27(21-12-6-3-7-13-21)26(20(2)33-31(36)40-25)29(38)34-22-14-8-4-9-15-22/h3-18,27H,1-2H3,(H,34,38)/b25-18-/t27-/m0/s1. The molecule has 1 atom stereocenters. The number of aryl methyl sites for hydroxylation is 1. The van der Waals surface area contributed by atoms with Crippen LogP contribution >= 0.6 is 22.9 Å². The highest BCUT2D eigenvalue weighted by molar-refractivity contribution is 7.07. The summed E-state index contributed by atoms with van der Waals surface area (Å²) in [6.07, 6.45) is 1.76. The van der Waals surface area contributed by atoms with Crippen molar-refractivity contribution >= 4 is 40.6 Å². The fourth-order valence-electron chi connectivity index (χ4n) is 4.83. The summed E-state index contributed by atoms with van der Waals surface area (Å²) in [6.45, 7) is 3.66. The van der Waals surface area contributed by atoms with Crippen molar-refractivity contribution in [3.63, 3.8) is 0 Å². The largest absolute Gasteiger partial charge is 0.322 e. The van der Waals surface area contributed by atoms with Crippen LogP contribution in [-0.4, -0.2) is 20.3 Å². The molecule has 1 amide bonds. The molecule has 1 aliphatic rings. The molecule has 40 heavy (non-hydrogen) atoms. The zero-order valence-corrected chi connectivity index (χ0v) is 23.3. The van der Waals surface area contributed by atoms with Crippen LogP contribution in [0.1, 0.15) is 29.8 Å². The molecule has 0 spiro atoms. The van der Waals surface area contributed by atoms with Crippen molar-refractivity contribution in [1.82, 2.24) is 14.3 Å². The predicted octanol–water partition coefficient (Wildman–Crippen LogP) is 5.02. The highest BCUT2D eigenvalue weighted by Gasteiger charge is 2.32. The van der Waals surface area contributed by atoms with E-state index in [2.05, 4.69) is 10.4 Å². The fraction of sp³-hybridized carbons (Fsp3) is 0.0968.